The second kappa shape index (κ2) is 24.3. The Hall–Kier alpha value is -12.9. The maximum absolute atomic E-state index is 2.53. The molecule has 16 aromatic rings. The highest BCUT2D eigenvalue weighted by Gasteiger charge is 2.56. The summed E-state index contributed by atoms with van der Waals surface area (Å²) in [4.78, 5) is 4.91. The van der Waals surface area contributed by atoms with Crippen LogP contribution in [0.2, 0.25) is 0 Å². The van der Waals surface area contributed by atoms with Gasteiger partial charge in [-0.3, -0.25) is 0 Å². The zero-order valence-corrected chi connectivity index (χ0v) is 64.1. The van der Waals surface area contributed by atoms with E-state index in [1.54, 1.807) is 0 Å². The van der Waals surface area contributed by atoms with Gasteiger partial charge in [0.15, 0.2) is 0 Å². The number of hydrogen-bond acceptors (Lipinski definition) is 2. The minimum atomic E-state index is -0.499. The molecule has 0 fully saturated rings. The first-order chi connectivity index (χ1) is 54.8. The van der Waals surface area contributed by atoms with Crippen molar-refractivity contribution < 1.29 is 0 Å². The first-order valence-corrected chi connectivity index (χ1v) is 40.1. The highest BCUT2D eigenvalue weighted by molar-refractivity contribution is 5.96. The SMILES string of the molecule is CC1(C)c2ccccc2C2(c3ccccc3-c3ccccc32)c2ccc(N(c3ccccc3)c3ccc(-c4cccc5c4-c4ccccc4C5(C)CCC4(C)c5ccccc5-c5cc(-c6ccc(N(c7ccccc7)c7ccc8c(c7)C7(c9ccccc9-8)c8ccccc8C(C)(C)c8ccccc87)cc6)ccc54)cc3)cc21. The number of nitrogens with zero attached hydrogens (tertiary/aromatic N) is 2. The molecule has 0 heterocycles. The van der Waals surface area contributed by atoms with Gasteiger partial charge in [0.1, 0.15) is 0 Å². The van der Waals surface area contributed by atoms with Crippen LogP contribution in [-0.4, -0.2) is 0 Å². The van der Waals surface area contributed by atoms with Crippen LogP contribution in [0.1, 0.15) is 143 Å². The van der Waals surface area contributed by atoms with Gasteiger partial charge in [-0.15, -0.1) is 0 Å². The lowest BCUT2D eigenvalue weighted by atomic mass is 9.55. The molecule has 0 aliphatic heterocycles. The van der Waals surface area contributed by atoms with Gasteiger partial charge in [-0.05, 0) is 247 Å². The molecule has 534 valence electrons. The molecule has 2 spiro atoms. The molecule has 0 bridgehead atoms. The summed E-state index contributed by atoms with van der Waals surface area (Å²) in [6.07, 6.45) is 1.94. The average Bonchev–Trinajstić information content (AvgIpc) is 1.34. The Morgan fingerprint density at radius 3 is 0.991 bits per heavy atom. The molecule has 0 aromatic heterocycles. The third kappa shape index (κ3) is 9.04. The van der Waals surface area contributed by atoms with Gasteiger partial charge in [0.05, 0.1) is 10.8 Å². The number of anilines is 6. The predicted molar refractivity (Wildman–Crippen MR) is 465 cm³/mol. The van der Waals surface area contributed by atoms with E-state index in [0.29, 0.717) is 0 Å². The fraction of sp³-hybridized carbons (Fsp3) is 0.127. The summed E-state index contributed by atoms with van der Waals surface area (Å²) in [6, 6.07) is 143. The zero-order valence-electron chi connectivity index (χ0n) is 64.1. The normalized spacial score (nSPS) is 17.4. The van der Waals surface area contributed by atoms with Crippen LogP contribution in [-0.2, 0) is 32.5 Å². The van der Waals surface area contributed by atoms with Crippen molar-refractivity contribution in [1.82, 2.24) is 0 Å². The Morgan fingerprint density at radius 2 is 0.482 bits per heavy atom. The van der Waals surface area contributed by atoms with E-state index in [-0.39, 0.29) is 21.7 Å². The molecule has 0 radical (unpaired) electrons. The lowest BCUT2D eigenvalue weighted by Gasteiger charge is -2.47. The highest BCUT2D eigenvalue weighted by Crippen LogP contribution is 2.66. The number of fused-ring (bicyclic) bond motifs is 24. The summed E-state index contributed by atoms with van der Waals surface area (Å²) in [6.45, 7) is 14.7. The van der Waals surface area contributed by atoms with Crippen LogP contribution in [0, 0.1) is 0 Å². The molecule has 6 aliphatic carbocycles. The van der Waals surface area contributed by atoms with Gasteiger partial charge >= 0.3 is 0 Å². The van der Waals surface area contributed by atoms with Crippen molar-refractivity contribution >= 4 is 34.1 Å². The third-order valence-electron chi connectivity index (χ3n) is 27.5. The van der Waals surface area contributed by atoms with Crippen LogP contribution in [0.3, 0.4) is 0 Å². The molecule has 16 aromatic carbocycles. The first kappa shape index (κ1) is 66.1. The molecule has 2 heteroatoms. The van der Waals surface area contributed by atoms with Crippen LogP contribution >= 0.6 is 0 Å². The van der Waals surface area contributed by atoms with Crippen molar-refractivity contribution in [3.8, 4) is 66.8 Å². The fourth-order valence-corrected chi connectivity index (χ4v) is 22.3. The Morgan fingerprint density at radius 1 is 0.179 bits per heavy atom. The summed E-state index contributed by atoms with van der Waals surface area (Å²) in [7, 11) is 0. The number of para-hydroxylation sites is 2. The molecule has 0 saturated heterocycles. The Kier molecular flexibility index (Phi) is 14.4. The largest absolute Gasteiger partial charge is 0.310 e. The number of rotatable bonds is 11. The Bertz CT molecular complexity index is 6460. The quantitative estimate of drug-likeness (QED) is 0.127. The average molecular weight is 1430 g/mol. The van der Waals surface area contributed by atoms with Crippen molar-refractivity contribution in [2.24, 2.45) is 0 Å². The van der Waals surface area contributed by atoms with Crippen LogP contribution in [0.4, 0.5) is 34.1 Å². The molecule has 0 amide bonds. The van der Waals surface area contributed by atoms with E-state index in [1.807, 2.05) is 0 Å². The summed E-state index contributed by atoms with van der Waals surface area (Å²) < 4.78 is 0. The van der Waals surface area contributed by atoms with E-state index in [4.69, 9.17) is 0 Å². The first-order valence-electron chi connectivity index (χ1n) is 40.1. The topological polar surface area (TPSA) is 6.48 Å². The molecule has 112 heavy (non-hydrogen) atoms. The molecular formula is C110H84N2. The van der Waals surface area contributed by atoms with Crippen molar-refractivity contribution in [2.75, 3.05) is 9.80 Å². The smallest absolute Gasteiger partial charge is 0.0720 e. The molecular weight excluding hydrogens is 1350 g/mol. The molecule has 0 saturated carbocycles. The van der Waals surface area contributed by atoms with Gasteiger partial charge in [-0.1, -0.05) is 339 Å². The summed E-state index contributed by atoms with van der Waals surface area (Å²) in [5.41, 5.74) is 42.2. The van der Waals surface area contributed by atoms with Gasteiger partial charge in [-0.2, -0.15) is 0 Å². The summed E-state index contributed by atoms with van der Waals surface area (Å²) in [5, 5.41) is 0. The van der Waals surface area contributed by atoms with Gasteiger partial charge in [0.25, 0.3) is 0 Å². The van der Waals surface area contributed by atoms with Gasteiger partial charge < -0.3 is 9.80 Å². The van der Waals surface area contributed by atoms with Gasteiger partial charge in [0.2, 0.25) is 0 Å². The van der Waals surface area contributed by atoms with E-state index in [0.717, 1.165) is 47.0 Å². The summed E-state index contributed by atoms with van der Waals surface area (Å²) >= 11 is 0. The van der Waals surface area contributed by atoms with Crippen molar-refractivity contribution in [1.29, 1.82) is 0 Å². The third-order valence-corrected chi connectivity index (χ3v) is 27.5. The minimum Gasteiger partial charge on any atom is -0.310 e. The lowest BCUT2D eigenvalue weighted by Crippen LogP contribution is -2.40. The standard InChI is InChI=1S/C110H84N2/c1-105(2)94-45-23-27-49-98(94)110(99-50-28-24-46-95(99)105)93-44-22-16-36-83(93)85-63-61-78(69-102(85)110)111(74-30-9-7-10-31-74)76-57-52-71(53-58-76)73-56-64-90-87(68-73)84-37-13-18-40-88(84)107(90,5)66-67-108(6)89-41-19-17-38-86(89)104-80(39-29-51-101(104)108)72-54-59-77(60-55-72)112(75-32-11-8-12-33-75)79-62-65-100-103(70-79)106(3,4)96-47-25-26-48-97(96)109(100)91-42-20-14-34-81(91)82-35-15-21-43-92(82)109/h7-65,68-70H,66-67H2,1-6H3. The van der Waals surface area contributed by atoms with Crippen LogP contribution < -0.4 is 9.80 Å². The van der Waals surface area contributed by atoms with E-state index in [9.17, 15) is 0 Å². The molecule has 2 nitrogen and oxygen atoms in total. The van der Waals surface area contributed by atoms with Crippen LogP contribution in [0.25, 0.3) is 66.8 Å². The van der Waals surface area contributed by atoms with E-state index in [1.165, 1.54) is 156 Å². The second-order valence-corrected chi connectivity index (χ2v) is 33.7. The highest BCUT2D eigenvalue weighted by atomic mass is 15.1. The maximum Gasteiger partial charge on any atom is 0.0720 e. The number of benzene rings is 16. The fourth-order valence-electron chi connectivity index (χ4n) is 22.3. The summed E-state index contributed by atoms with van der Waals surface area (Å²) in [5.74, 6) is 0. The zero-order chi connectivity index (χ0) is 75.0. The molecule has 2 atom stereocenters. The number of hydrogen-bond donors (Lipinski definition) is 0. The second-order valence-electron chi connectivity index (χ2n) is 33.7. The van der Waals surface area contributed by atoms with Gasteiger partial charge in [0, 0.05) is 55.8 Å². The van der Waals surface area contributed by atoms with E-state index >= 15 is 0 Å². The lowest BCUT2D eigenvalue weighted by molar-refractivity contribution is 0.424. The molecule has 22 rings (SSSR count). The van der Waals surface area contributed by atoms with E-state index < -0.39 is 10.8 Å². The van der Waals surface area contributed by atoms with E-state index in [2.05, 4.69) is 427 Å². The van der Waals surface area contributed by atoms with Gasteiger partial charge in [-0.25, -0.2) is 0 Å². The molecule has 0 N–H and O–H groups in total. The molecule has 6 aliphatic rings. The predicted octanol–water partition coefficient (Wildman–Crippen LogP) is 28.0. The monoisotopic (exact) mass is 1430 g/mol. The van der Waals surface area contributed by atoms with Crippen LogP contribution in [0.5, 0.6) is 0 Å². The van der Waals surface area contributed by atoms with Crippen molar-refractivity contribution in [3.63, 3.8) is 0 Å². The van der Waals surface area contributed by atoms with Crippen LogP contribution in [0.15, 0.2) is 376 Å². The van der Waals surface area contributed by atoms with Crippen molar-refractivity contribution in [2.45, 2.75) is 86.9 Å². The maximum atomic E-state index is 2.53. The van der Waals surface area contributed by atoms with Crippen molar-refractivity contribution in [3.05, 3.63) is 465 Å². The Labute approximate surface area is 658 Å². The molecule has 2 unspecified atom stereocenters. The minimum absolute atomic E-state index is 0.176. The Balaban J connectivity index is 0.582.